The first-order chi connectivity index (χ1) is 20.9. The molecule has 3 saturated heterocycles. The van der Waals surface area contributed by atoms with Crippen LogP contribution in [0, 0.1) is 0 Å². The van der Waals surface area contributed by atoms with Gasteiger partial charge in [-0.25, -0.2) is 4.79 Å². The van der Waals surface area contributed by atoms with E-state index in [4.69, 9.17) is 23.2 Å². The molecule has 3 amide bonds. The highest BCUT2D eigenvalue weighted by Crippen LogP contribution is 2.33. The van der Waals surface area contributed by atoms with Crippen LogP contribution in [-0.4, -0.2) is 74.1 Å². The Morgan fingerprint density at radius 2 is 1.30 bits per heavy atom. The fourth-order valence-corrected chi connectivity index (χ4v) is 6.80. The maximum absolute atomic E-state index is 13.1. The molecule has 0 aromatic heterocycles. The van der Waals surface area contributed by atoms with E-state index in [0.29, 0.717) is 47.5 Å². The van der Waals surface area contributed by atoms with Crippen molar-refractivity contribution in [1.82, 2.24) is 9.80 Å². The average molecular weight is 622 g/mol. The number of anilines is 4. The van der Waals surface area contributed by atoms with Gasteiger partial charge < -0.3 is 25.3 Å². The minimum absolute atomic E-state index is 0.131. The molecule has 0 bridgehead atoms. The number of benzene rings is 3. The number of carbonyl (C=O) groups excluding carboxylic acids is 2. The summed E-state index contributed by atoms with van der Waals surface area (Å²) in [6, 6.07) is 19.3. The number of halogens is 2. The Morgan fingerprint density at radius 1 is 0.674 bits per heavy atom. The molecular formula is C33H38Cl2N6O2. The van der Waals surface area contributed by atoms with Crippen molar-refractivity contribution in [2.75, 3.05) is 72.8 Å². The standard InChI is InChI=1S/C33H38Cl2N6O2/c34-29-20-24(23-38-12-1-2-13-38)21-30(35)31(29)37-33(43)41-18-16-40(17-19-41)27-10-8-25(9-11-27)32(42)36-26-6-5-7-28(22-26)39-14-3-4-15-39/h5-11,20-22H,1-4,12-19,23H2,(H,36,42)(H,37,43). The van der Waals surface area contributed by atoms with Gasteiger partial charge >= 0.3 is 6.03 Å². The van der Waals surface area contributed by atoms with Crippen LogP contribution in [0.4, 0.5) is 27.5 Å². The Kier molecular flexibility index (Phi) is 9.26. The summed E-state index contributed by atoms with van der Waals surface area (Å²) in [5, 5.41) is 6.87. The number of urea groups is 1. The summed E-state index contributed by atoms with van der Waals surface area (Å²) in [6.45, 7) is 7.60. The molecule has 0 aliphatic carbocycles. The van der Waals surface area contributed by atoms with Crippen LogP contribution in [0.1, 0.15) is 41.6 Å². The molecule has 8 nitrogen and oxygen atoms in total. The summed E-state index contributed by atoms with van der Waals surface area (Å²) >= 11 is 13.1. The Hall–Kier alpha value is -3.46. The smallest absolute Gasteiger partial charge is 0.322 e. The summed E-state index contributed by atoms with van der Waals surface area (Å²) in [5.41, 5.74) is 5.08. The second-order valence-corrected chi connectivity index (χ2v) is 12.4. The van der Waals surface area contributed by atoms with Gasteiger partial charge in [-0.05, 0) is 98.9 Å². The first-order valence-corrected chi connectivity index (χ1v) is 16.0. The van der Waals surface area contributed by atoms with Gasteiger partial charge in [0.1, 0.15) is 0 Å². The van der Waals surface area contributed by atoms with Crippen molar-refractivity contribution >= 4 is 57.9 Å². The number of carbonyl (C=O) groups is 2. The van der Waals surface area contributed by atoms with E-state index in [9.17, 15) is 9.59 Å². The number of amides is 3. The number of hydrogen-bond donors (Lipinski definition) is 2. The molecule has 226 valence electrons. The van der Waals surface area contributed by atoms with Gasteiger partial charge in [0, 0.05) is 68.4 Å². The first-order valence-electron chi connectivity index (χ1n) is 15.2. The van der Waals surface area contributed by atoms with Crippen molar-refractivity contribution in [3.05, 3.63) is 81.8 Å². The van der Waals surface area contributed by atoms with Crippen LogP contribution >= 0.6 is 23.2 Å². The van der Waals surface area contributed by atoms with E-state index in [1.165, 1.54) is 25.7 Å². The van der Waals surface area contributed by atoms with E-state index in [1.54, 1.807) is 4.90 Å². The van der Waals surface area contributed by atoms with Crippen molar-refractivity contribution in [2.45, 2.75) is 32.2 Å². The maximum Gasteiger partial charge on any atom is 0.322 e. The molecule has 10 heteroatoms. The third-order valence-electron chi connectivity index (χ3n) is 8.58. The molecule has 2 N–H and O–H groups in total. The van der Waals surface area contributed by atoms with E-state index >= 15 is 0 Å². The van der Waals surface area contributed by atoms with Gasteiger partial charge in [-0.15, -0.1) is 0 Å². The Morgan fingerprint density at radius 3 is 1.98 bits per heavy atom. The van der Waals surface area contributed by atoms with Gasteiger partial charge in [-0.1, -0.05) is 29.3 Å². The Labute approximate surface area is 263 Å². The lowest BCUT2D eigenvalue weighted by molar-refractivity contribution is 0.102. The van der Waals surface area contributed by atoms with Crippen LogP contribution in [0.5, 0.6) is 0 Å². The van der Waals surface area contributed by atoms with Crippen molar-refractivity contribution in [2.24, 2.45) is 0 Å². The lowest BCUT2D eigenvalue weighted by Gasteiger charge is -2.36. The monoisotopic (exact) mass is 620 g/mol. The van der Waals surface area contributed by atoms with Crippen LogP contribution < -0.4 is 20.4 Å². The zero-order valence-electron chi connectivity index (χ0n) is 24.3. The molecule has 3 aromatic carbocycles. The molecule has 0 atom stereocenters. The number of hydrogen-bond acceptors (Lipinski definition) is 5. The molecule has 3 aromatic rings. The van der Waals surface area contributed by atoms with E-state index < -0.39 is 0 Å². The second-order valence-electron chi connectivity index (χ2n) is 11.6. The van der Waals surface area contributed by atoms with E-state index in [1.807, 2.05) is 54.6 Å². The highest BCUT2D eigenvalue weighted by Gasteiger charge is 2.24. The largest absolute Gasteiger partial charge is 0.371 e. The summed E-state index contributed by atoms with van der Waals surface area (Å²) in [5.74, 6) is -0.131. The van der Waals surface area contributed by atoms with Gasteiger partial charge in [0.25, 0.3) is 5.91 Å². The Balaban J connectivity index is 1.00. The zero-order chi connectivity index (χ0) is 29.8. The van der Waals surface area contributed by atoms with E-state index in [2.05, 4.69) is 31.4 Å². The Bertz CT molecular complexity index is 1420. The number of piperazine rings is 1. The summed E-state index contributed by atoms with van der Waals surface area (Å²) < 4.78 is 0. The van der Waals surface area contributed by atoms with Gasteiger partial charge in [-0.3, -0.25) is 9.69 Å². The molecule has 3 aliphatic rings. The van der Waals surface area contributed by atoms with Gasteiger partial charge in [0.05, 0.1) is 15.7 Å². The van der Waals surface area contributed by atoms with Crippen molar-refractivity contribution < 1.29 is 9.59 Å². The number of rotatable bonds is 7. The summed E-state index contributed by atoms with van der Waals surface area (Å²) in [4.78, 5) is 34.7. The molecule has 6 rings (SSSR count). The quantitative estimate of drug-likeness (QED) is 0.304. The SMILES string of the molecule is O=C(Nc1cccc(N2CCCC2)c1)c1ccc(N2CCN(C(=O)Nc3c(Cl)cc(CN4CCCC4)cc3Cl)CC2)cc1. The lowest BCUT2D eigenvalue weighted by atomic mass is 10.1. The third-order valence-corrected chi connectivity index (χ3v) is 9.17. The normalized spacial score (nSPS) is 17.4. The molecule has 0 radical (unpaired) electrons. The predicted molar refractivity (Wildman–Crippen MR) is 176 cm³/mol. The highest BCUT2D eigenvalue weighted by molar-refractivity contribution is 6.39. The van der Waals surface area contributed by atoms with Crippen LogP contribution in [0.25, 0.3) is 0 Å². The second kappa shape index (κ2) is 13.5. The topological polar surface area (TPSA) is 71.2 Å². The number of nitrogens with zero attached hydrogens (tertiary/aromatic N) is 4. The third kappa shape index (κ3) is 7.20. The minimum atomic E-state index is -0.212. The van der Waals surface area contributed by atoms with E-state index in [-0.39, 0.29) is 11.9 Å². The molecule has 3 heterocycles. The number of likely N-dealkylation sites (tertiary alicyclic amines) is 1. The fourth-order valence-electron chi connectivity index (χ4n) is 6.17. The van der Waals surface area contributed by atoms with Gasteiger partial charge in [0.2, 0.25) is 0 Å². The zero-order valence-corrected chi connectivity index (χ0v) is 25.8. The number of nitrogens with one attached hydrogen (secondary N) is 2. The molecule has 43 heavy (non-hydrogen) atoms. The lowest BCUT2D eigenvalue weighted by Crippen LogP contribution is -2.50. The van der Waals surface area contributed by atoms with Crippen LogP contribution in [0.15, 0.2) is 60.7 Å². The molecule has 3 aliphatic heterocycles. The van der Waals surface area contributed by atoms with Gasteiger partial charge in [0.15, 0.2) is 0 Å². The van der Waals surface area contributed by atoms with Crippen LogP contribution in [0.2, 0.25) is 10.0 Å². The van der Waals surface area contributed by atoms with Crippen LogP contribution in [0.3, 0.4) is 0 Å². The van der Waals surface area contributed by atoms with Crippen molar-refractivity contribution in [3.8, 4) is 0 Å². The summed E-state index contributed by atoms with van der Waals surface area (Å²) in [7, 11) is 0. The average Bonchev–Trinajstić information content (AvgIpc) is 3.75. The maximum atomic E-state index is 13.1. The van der Waals surface area contributed by atoms with Crippen molar-refractivity contribution in [3.63, 3.8) is 0 Å². The highest BCUT2D eigenvalue weighted by atomic mass is 35.5. The predicted octanol–water partition coefficient (Wildman–Crippen LogP) is 6.80. The molecule has 0 spiro atoms. The molecule has 3 fully saturated rings. The summed E-state index contributed by atoms with van der Waals surface area (Å²) in [6.07, 6.45) is 4.87. The van der Waals surface area contributed by atoms with Crippen molar-refractivity contribution in [1.29, 1.82) is 0 Å². The molecule has 0 unspecified atom stereocenters. The van der Waals surface area contributed by atoms with Gasteiger partial charge in [-0.2, -0.15) is 0 Å². The fraction of sp³-hybridized carbons (Fsp3) is 0.394. The van der Waals surface area contributed by atoms with E-state index in [0.717, 1.165) is 55.3 Å². The molecule has 0 saturated carbocycles. The molecular weight excluding hydrogens is 583 g/mol. The van der Waals surface area contributed by atoms with Crippen LogP contribution in [-0.2, 0) is 6.54 Å². The minimum Gasteiger partial charge on any atom is -0.371 e. The first kappa shape index (κ1) is 29.6.